The fourth-order valence-electron chi connectivity index (χ4n) is 3.09. The lowest BCUT2D eigenvalue weighted by Crippen LogP contribution is -2.23. The summed E-state index contributed by atoms with van der Waals surface area (Å²) in [6.45, 7) is 5.23. The van der Waals surface area contributed by atoms with E-state index in [0.717, 1.165) is 0 Å². The molecule has 2 aliphatic rings. The first-order valence-corrected chi connectivity index (χ1v) is 9.54. The van der Waals surface area contributed by atoms with Crippen LogP contribution in [0.5, 0.6) is 0 Å². The molecule has 2 fully saturated rings. The standard InChI is InChI=1S/C15H26O2S2/c1-11-5-3-6-12(2)13(11)14(17-8-7-16)15-18-9-4-10-19-15/h11-12,15-16H,3-10H2,1-2H3. The Kier molecular flexibility index (Phi) is 6.43. The summed E-state index contributed by atoms with van der Waals surface area (Å²) in [5.74, 6) is 4.95. The molecular formula is C15H26O2S2. The van der Waals surface area contributed by atoms with Gasteiger partial charge in [0.1, 0.15) is 16.9 Å². The van der Waals surface area contributed by atoms with Crippen LogP contribution in [-0.2, 0) is 4.74 Å². The first-order chi connectivity index (χ1) is 9.24. The number of aliphatic hydroxyl groups excluding tert-OH is 1. The van der Waals surface area contributed by atoms with Crippen LogP contribution in [0.4, 0.5) is 0 Å². The molecule has 1 N–H and O–H groups in total. The van der Waals surface area contributed by atoms with E-state index >= 15 is 0 Å². The second-order valence-corrected chi connectivity index (χ2v) is 8.28. The minimum absolute atomic E-state index is 0.113. The van der Waals surface area contributed by atoms with E-state index in [9.17, 15) is 0 Å². The lowest BCUT2D eigenvalue weighted by atomic mass is 9.78. The third kappa shape index (κ3) is 4.08. The maximum Gasteiger partial charge on any atom is 0.119 e. The SMILES string of the molecule is CC1CCCC(C)C1=C(OCCO)C1SCCCS1. The fraction of sp³-hybridized carbons (Fsp3) is 0.867. The van der Waals surface area contributed by atoms with Crippen LogP contribution in [0.15, 0.2) is 11.3 Å². The molecule has 0 spiro atoms. The highest BCUT2D eigenvalue weighted by Crippen LogP contribution is 2.43. The highest BCUT2D eigenvalue weighted by Gasteiger charge is 2.30. The van der Waals surface area contributed by atoms with Gasteiger partial charge in [-0.25, -0.2) is 0 Å². The first-order valence-electron chi connectivity index (χ1n) is 7.45. The molecule has 4 heteroatoms. The van der Waals surface area contributed by atoms with Gasteiger partial charge in [0.25, 0.3) is 0 Å². The third-order valence-corrected chi connectivity index (χ3v) is 6.91. The van der Waals surface area contributed by atoms with Crippen LogP contribution in [0.25, 0.3) is 0 Å². The molecule has 0 radical (unpaired) electrons. The van der Waals surface area contributed by atoms with E-state index in [1.54, 1.807) is 0 Å². The quantitative estimate of drug-likeness (QED) is 0.798. The Bertz CT molecular complexity index is 299. The highest BCUT2D eigenvalue weighted by atomic mass is 32.2. The molecular weight excluding hydrogens is 276 g/mol. The molecule has 0 aromatic carbocycles. The summed E-state index contributed by atoms with van der Waals surface area (Å²) in [4.78, 5) is 0. The molecule has 110 valence electrons. The van der Waals surface area contributed by atoms with Gasteiger partial charge in [-0.05, 0) is 48.2 Å². The second kappa shape index (κ2) is 7.84. The van der Waals surface area contributed by atoms with Crippen molar-refractivity contribution in [3.63, 3.8) is 0 Å². The number of hydrogen-bond acceptors (Lipinski definition) is 4. The third-order valence-electron chi connectivity index (χ3n) is 4.01. The van der Waals surface area contributed by atoms with E-state index in [4.69, 9.17) is 9.84 Å². The van der Waals surface area contributed by atoms with Crippen LogP contribution in [0, 0.1) is 11.8 Å². The van der Waals surface area contributed by atoms with Gasteiger partial charge in [0.2, 0.25) is 0 Å². The molecule has 1 saturated heterocycles. The van der Waals surface area contributed by atoms with Crippen molar-refractivity contribution in [3.05, 3.63) is 11.3 Å². The Morgan fingerprint density at radius 1 is 1.16 bits per heavy atom. The zero-order chi connectivity index (χ0) is 13.7. The van der Waals surface area contributed by atoms with Crippen LogP contribution < -0.4 is 0 Å². The average Bonchev–Trinajstić information content (AvgIpc) is 2.43. The summed E-state index contributed by atoms with van der Waals surface area (Å²) in [6.07, 6.45) is 5.21. The molecule has 0 aromatic heterocycles. The van der Waals surface area contributed by atoms with Crippen molar-refractivity contribution in [3.8, 4) is 0 Å². The molecule has 0 amide bonds. The molecule has 1 aliphatic heterocycles. The van der Waals surface area contributed by atoms with Gasteiger partial charge < -0.3 is 9.84 Å². The van der Waals surface area contributed by atoms with Crippen LogP contribution in [-0.4, -0.2) is 34.4 Å². The van der Waals surface area contributed by atoms with Crippen molar-refractivity contribution in [2.75, 3.05) is 24.7 Å². The zero-order valence-electron chi connectivity index (χ0n) is 12.1. The topological polar surface area (TPSA) is 29.5 Å². The smallest absolute Gasteiger partial charge is 0.119 e. The molecule has 2 nitrogen and oxygen atoms in total. The van der Waals surface area contributed by atoms with Crippen molar-refractivity contribution >= 4 is 23.5 Å². The van der Waals surface area contributed by atoms with Gasteiger partial charge in [-0.1, -0.05) is 20.3 Å². The molecule has 19 heavy (non-hydrogen) atoms. The number of allylic oxidation sites excluding steroid dienone is 1. The van der Waals surface area contributed by atoms with Crippen molar-refractivity contribution < 1.29 is 9.84 Å². The first kappa shape index (κ1) is 15.6. The number of thioether (sulfide) groups is 2. The lowest BCUT2D eigenvalue weighted by molar-refractivity contribution is 0.138. The van der Waals surface area contributed by atoms with E-state index in [1.807, 2.05) is 23.5 Å². The Morgan fingerprint density at radius 3 is 2.37 bits per heavy atom. The largest absolute Gasteiger partial charge is 0.493 e. The van der Waals surface area contributed by atoms with Gasteiger partial charge >= 0.3 is 0 Å². The summed E-state index contributed by atoms with van der Waals surface area (Å²) in [6, 6.07) is 0. The van der Waals surface area contributed by atoms with Gasteiger partial charge in [0.05, 0.1) is 6.61 Å². The molecule has 0 bridgehead atoms. The predicted octanol–water partition coefficient (Wildman–Crippen LogP) is 3.90. The van der Waals surface area contributed by atoms with E-state index < -0.39 is 0 Å². The molecule has 1 saturated carbocycles. The zero-order valence-corrected chi connectivity index (χ0v) is 13.7. The van der Waals surface area contributed by atoms with Crippen LogP contribution >= 0.6 is 23.5 Å². The van der Waals surface area contributed by atoms with E-state index in [0.29, 0.717) is 23.0 Å². The number of hydrogen-bond donors (Lipinski definition) is 1. The summed E-state index contributed by atoms with van der Waals surface area (Å²) >= 11 is 4.04. The number of rotatable bonds is 4. The lowest BCUT2D eigenvalue weighted by Gasteiger charge is -2.34. The van der Waals surface area contributed by atoms with Gasteiger partial charge in [-0.2, -0.15) is 0 Å². The molecule has 2 rings (SSSR count). The summed E-state index contributed by atoms with van der Waals surface area (Å²) in [5.41, 5.74) is 1.53. The summed E-state index contributed by atoms with van der Waals surface area (Å²) in [5, 5.41) is 9.08. The van der Waals surface area contributed by atoms with Crippen molar-refractivity contribution in [1.82, 2.24) is 0 Å². The normalized spacial score (nSPS) is 29.3. The Balaban J connectivity index is 2.21. The van der Waals surface area contributed by atoms with Crippen molar-refractivity contribution in [1.29, 1.82) is 0 Å². The molecule has 2 atom stereocenters. The minimum atomic E-state index is 0.113. The van der Waals surface area contributed by atoms with Crippen LogP contribution in [0.1, 0.15) is 39.5 Å². The van der Waals surface area contributed by atoms with Gasteiger partial charge in [0, 0.05) is 0 Å². The van der Waals surface area contributed by atoms with Crippen LogP contribution in [0.2, 0.25) is 0 Å². The Morgan fingerprint density at radius 2 is 1.79 bits per heavy atom. The maximum absolute atomic E-state index is 9.08. The van der Waals surface area contributed by atoms with Gasteiger partial charge in [-0.15, -0.1) is 23.5 Å². The monoisotopic (exact) mass is 302 g/mol. The van der Waals surface area contributed by atoms with Crippen molar-refractivity contribution in [2.45, 2.75) is 44.1 Å². The minimum Gasteiger partial charge on any atom is -0.493 e. The number of ether oxygens (including phenoxy) is 1. The van der Waals surface area contributed by atoms with Gasteiger partial charge in [-0.3, -0.25) is 0 Å². The second-order valence-electron chi connectivity index (χ2n) is 5.55. The van der Waals surface area contributed by atoms with E-state index in [1.165, 1.54) is 48.5 Å². The van der Waals surface area contributed by atoms with Gasteiger partial charge in [0.15, 0.2) is 0 Å². The molecule has 0 aromatic rings. The highest BCUT2D eigenvalue weighted by molar-refractivity contribution is 8.17. The molecule has 1 heterocycles. The predicted molar refractivity (Wildman–Crippen MR) is 85.6 cm³/mol. The summed E-state index contributed by atoms with van der Waals surface area (Å²) in [7, 11) is 0. The summed E-state index contributed by atoms with van der Waals surface area (Å²) < 4.78 is 6.46. The van der Waals surface area contributed by atoms with E-state index in [-0.39, 0.29) is 6.61 Å². The van der Waals surface area contributed by atoms with E-state index in [2.05, 4.69) is 13.8 Å². The number of aliphatic hydroxyl groups is 1. The molecule has 2 unspecified atom stereocenters. The Hall–Kier alpha value is 0.200. The van der Waals surface area contributed by atoms with Crippen LogP contribution in [0.3, 0.4) is 0 Å². The molecule has 1 aliphatic carbocycles. The Labute approximate surface area is 125 Å². The average molecular weight is 303 g/mol. The fourth-order valence-corrected chi connectivity index (χ4v) is 6.00. The maximum atomic E-state index is 9.08. The van der Waals surface area contributed by atoms with Crippen molar-refractivity contribution in [2.24, 2.45) is 11.8 Å².